The van der Waals surface area contributed by atoms with Crippen LogP contribution in [-0.4, -0.2) is 30.8 Å². The van der Waals surface area contributed by atoms with E-state index in [4.69, 9.17) is 0 Å². The van der Waals surface area contributed by atoms with Gasteiger partial charge in [0.15, 0.2) is 12.2 Å². The molecule has 1 amide bonds. The average molecular weight is 138 g/mol. The van der Waals surface area contributed by atoms with Gasteiger partial charge in [-0.3, -0.25) is 9.79 Å². The fraction of sp³-hybridized carbons (Fsp3) is 0.400. The molecule has 2 aliphatic heterocycles. The minimum atomic E-state index is -0.356. The fourth-order valence-electron chi connectivity index (χ4n) is 0.975. The van der Waals surface area contributed by atoms with Gasteiger partial charge in [0, 0.05) is 0 Å². The second-order valence-electron chi connectivity index (χ2n) is 2.12. The molecule has 0 aromatic carbocycles. The van der Waals surface area contributed by atoms with Gasteiger partial charge >= 0.3 is 0 Å². The summed E-state index contributed by atoms with van der Waals surface area (Å²) in [5.41, 5.74) is 0. The second-order valence-corrected chi connectivity index (χ2v) is 2.12. The van der Waals surface area contributed by atoms with Crippen molar-refractivity contribution in [1.82, 2.24) is 10.6 Å². The molecule has 5 nitrogen and oxygen atoms in total. The molecule has 2 aliphatic rings. The Kier molecular flexibility index (Phi) is 0.969. The van der Waals surface area contributed by atoms with Gasteiger partial charge in [-0.05, 0) is 0 Å². The monoisotopic (exact) mass is 138 g/mol. The number of aliphatic imine (C=N–C) groups is 2. The maximum atomic E-state index is 10.9. The molecule has 0 saturated carbocycles. The largest absolute Gasteiger partial charge is 0.353 e. The van der Waals surface area contributed by atoms with Crippen molar-refractivity contribution in [2.75, 3.05) is 0 Å². The SMILES string of the molecule is O=C1NC=NC2NC=NC12. The van der Waals surface area contributed by atoms with Crippen LogP contribution in [0.15, 0.2) is 9.98 Å². The van der Waals surface area contributed by atoms with Crippen LogP contribution in [0.2, 0.25) is 0 Å². The third-order valence-electron chi connectivity index (χ3n) is 1.49. The Morgan fingerprint density at radius 1 is 1.40 bits per heavy atom. The Bertz CT molecular complexity index is 222. The van der Waals surface area contributed by atoms with Gasteiger partial charge in [0.2, 0.25) is 0 Å². The summed E-state index contributed by atoms with van der Waals surface area (Å²) < 4.78 is 0. The molecule has 0 bridgehead atoms. The van der Waals surface area contributed by atoms with Crippen LogP contribution in [-0.2, 0) is 4.79 Å². The first-order chi connectivity index (χ1) is 4.88. The van der Waals surface area contributed by atoms with E-state index in [-0.39, 0.29) is 18.1 Å². The van der Waals surface area contributed by atoms with Gasteiger partial charge in [-0.1, -0.05) is 0 Å². The number of hydrogen-bond acceptors (Lipinski definition) is 4. The summed E-state index contributed by atoms with van der Waals surface area (Å²) >= 11 is 0. The molecule has 2 heterocycles. The van der Waals surface area contributed by atoms with Crippen LogP contribution in [0.5, 0.6) is 0 Å². The number of carbonyl (C=O) groups excluding carboxylic acids is 1. The van der Waals surface area contributed by atoms with E-state index in [1.807, 2.05) is 0 Å². The van der Waals surface area contributed by atoms with Gasteiger partial charge in [-0.2, -0.15) is 0 Å². The molecule has 0 aliphatic carbocycles. The standard InChI is InChI=1S/C5H6N4O/c10-5-3-4(7-1-6-3)8-2-9-5/h1-4H,(H,6,7)(H,8,9,10). The first kappa shape index (κ1) is 5.40. The zero-order valence-corrected chi connectivity index (χ0v) is 5.11. The Hall–Kier alpha value is -1.39. The van der Waals surface area contributed by atoms with Crippen LogP contribution in [0.4, 0.5) is 0 Å². The molecular formula is C5H6N4O. The normalized spacial score (nSPS) is 35.0. The lowest BCUT2D eigenvalue weighted by Gasteiger charge is -2.16. The Morgan fingerprint density at radius 3 is 3.10 bits per heavy atom. The van der Waals surface area contributed by atoms with E-state index in [2.05, 4.69) is 20.6 Å². The van der Waals surface area contributed by atoms with Crippen LogP contribution in [0.1, 0.15) is 0 Å². The number of hydrogen-bond donors (Lipinski definition) is 2. The number of amides is 1. The highest BCUT2D eigenvalue weighted by Crippen LogP contribution is 2.06. The number of fused-ring (bicyclic) bond motifs is 1. The lowest BCUT2D eigenvalue weighted by molar-refractivity contribution is -0.121. The topological polar surface area (TPSA) is 65.8 Å². The third-order valence-corrected chi connectivity index (χ3v) is 1.49. The van der Waals surface area contributed by atoms with E-state index < -0.39 is 0 Å². The van der Waals surface area contributed by atoms with Crippen LogP contribution in [0, 0.1) is 0 Å². The quantitative estimate of drug-likeness (QED) is 0.426. The number of nitrogens with zero attached hydrogens (tertiary/aromatic N) is 2. The molecular weight excluding hydrogens is 132 g/mol. The second kappa shape index (κ2) is 1.80. The van der Waals surface area contributed by atoms with Crippen molar-refractivity contribution in [2.24, 2.45) is 9.98 Å². The molecule has 2 unspecified atom stereocenters. The van der Waals surface area contributed by atoms with Crippen molar-refractivity contribution in [3.63, 3.8) is 0 Å². The van der Waals surface area contributed by atoms with Crippen molar-refractivity contribution in [3.05, 3.63) is 0 Å². The van der Waals surface area contributed by atoms with Crippen molar-refractivity contribution < 1.29 is 4.79 Å². The van der Waals surface area contributed by atoms with Crippen molar-refractivity contribution in [2.45, 2.75) is 12.2 Å². The summed E-state index contributed by atoms with van der Waals surface area (Å²) in [5, 5.41) is 5.31. The van der Waals surface area contributed by atoms with Crippen LogP contribution in [0.25, 0.3) is 0 Å². The molecule has 2 N–H and O–H groups in total. The lowest BCUT2D eigenvalue weighted by Crippen LogP contribution is -2.46. The van der Waals surface area contributed by atoms with E-state index in [0.717, 1.165) is 0 Å². The molecule has 0 aromatic heterocycles. The maximum Gasteiger partial charge on any atom is 0.254 e. The highest BCUT2D eigenvalue weighted by atomic mass is 16.2. The molecule has 10 heavy (non-hydrogen) atoms. The lowest BCUT2D eigenvalue weighted by atomic mass is 10.2. The summed E-state index contributed by atoms with van der Waals surface area (Å²) in [6, 6.07) is -0.356. The van der Waals surface area contributed by atoms with Gasteiger partial charge < -0.3 is 10.6 Å². The van der Waals surface area contributed by atoms with E-state index in [1.54, 1.807) is 0 Å². The zero-order chi connectivity index (χ0) is 6.97. The number of nitrogens with one attached hydrogen (secondary N) is 2. The molecule has 2 atom stereocenters. The van der Waals surface area contributed by atoms with Gasteiger partial charge in [0.25, 0.3) is 5.91 Å². The van der Waals surface area contributed by atoms with Crippen molar-refractivity contribution >= 4 is 18.6 Å². The molecule has 5 heteroatoms. The van der Waals surface area contributed by atoms with Crippen LogP contribution in [0.3, 0.4) is 0 Å². The molecule has 0 saturated heterocycles. The Morgan fingerprint density at radius 2 is 2.30 bits per heavy atom. The molecule has 2 rings (SSSR count). The van der Waals surface area contributed by atoms with E-state index in [0.29, 0.717) is 0 Å². The van der Waals surface area contributed by atoms with E-state index >= 15 is 0 Å². The first-order valence-corrected chi connectivity index (χ1v) is 2.97. The van der Waals surface area contributed by atoms with E-state index in [1.165, 1.54) is 12.7 Å². The summed E-state index contributed by atoms with van der Waals surface area (Å²) in [6.07, 6.45) is 2.73. The van der Waals surface area contributed by atoms with Gasteiger partial charge in [0.1, 0.15) is 0 Å². The highest BCUT2D eigenvalue weighted by molar-refractivity contribution is 5.95. The number of rotatable bonds is 0. The van der Waals surface area contributed by atoms with Gasteiger partial charge in [-0.25, -0.2) is 4.99 Å². The smallest absolute Gasteiger partial charge is 0.254 e. The summed E-state index contributed by atoms with van der Waals surface area (Å²) in [6.45, 7) is 0. The minimum Gasteiger partial charge on any atom is -0.353 e. The maximum absolute atomic E-state index is 10.9. The van der Waals surface area contributed by atoms with E-state index in [9.17, 15) is 4.79 Å². The zero-order valence-electron chi connectivity index (χ0n) is 5.11. The number of carbonyl (C=O) groups is 1. The Labute approximate surface area is 57.2 Å². The molecule has 0 radical (unpaired) electrons. The average Bonchev–Trinajstić information content (AvgIpc) is 2.36. The van der Waals surface area contributed by atoms with Crippen LogP contribution >= 0.6 is 0 Å². The molecule has 0 aromatic rings. The molecule has 0 spiro atoms. The van der Waals surface area contributed by atoms with Gasteiger partial charge in [0.05, 0.1) is 12.7 Å². The molecule has 52 valence electrons. The summed E-state index contributed by atoms with van der Waals surface area (Å²) in [7, 11) is 0. The molecule has 0 fully saturated rings. The van der Waals surface area contributed by atoms with Crippen molar-refractivity contribution in [3.8, 4) is 0 Å². The van der Waals surface area contributed by atoms with Crippen LogP contribution < -0.4 is 10.6 Å². The predicted octanol–water partition coefficient (Wildman–Crippen LogP) is -1.53. The van der Waals surface area contributed by atoms with Gasteiger partial charge in [-0.15, -0.1) is 0 Å². The summed E-state index contributed by atoms with van der Waals surface area (Å²) in [4.78, 5) is 18.7. The van der Waals surface area contributed by atoms with Crippen molar-refractivity contribution in [1.29, 1.82) is 0 Å². The summed E-state index contributed by atoms with van der Waals surface area (Å²) in [5.74, 6) is -0.0961. The first-order valence-electron chi connectivity index (χ1n) is 2.97. The minimum absolute atomic E-state index is 0.0961. The highest BCUT2D eigenvalue weighted by Gasteiger charge is 2.31. The Balaban J connectivity index is 2.28. The fourth-order valence-corrected chi connectivity index (χ4v) is 0.975. The third kappa shape index (κ3) is 0.601. The predicted molar refractivity (Wildman–Crippen MR) is 35.8 cm³/mol.